The minimum absolute atomic E-state index is 0.736. The molecule has 0 saturated heterocycles. The maximum Gasteiger partial charge on any atom is 0.160 e. The van der Waals surface area contributed by atoms with Crippen LogP contribution in [0.4, 0.5) is 5.82 Å². The van der Waals surface area contributed by atoms with Crippen LogP contribution >= 0.6 is 0 Å². The summed E-state index contributed by atoms with van der Waals surface area (Å²) in [5.74, 6) is 3.10. The summed E-state index contributed by atoms with van der Waals surface area (Å²) in [6.45, 7) is 4.80. The number of rotatable bonds is 7. The third-order valence-electron chi connectivity index (χ3n) is 4.44. The lowest BCUT2D eigenvalue weighted by atomic mass is 10.1. The molecule has 2 heterocycles. The number of hydrogen-bond donors (Lipinski definition) is 0. The van der Waals surface area contributed by atoms with Gasteiger partial charge in [0.15, 0.2) is 17.3 Å². The van der Waals surface area contributed by atoms with Crippen LogP contribution in [0.1, 0.15) is 17.0 Å². The number of aromatic nitrogens is 4. The van der Waals surface area contributed by atoms with Gasteiger partial charge in [-0.3, -0.25) is 0 Å². The van der Waals surface area contributed by atoms with Crippen molar-refractivity contribution >= 4 is 5.82 Å². The second-order valence-corrected chi connectivity index (χ2v) is 6.43. The van der Waals surface area contributed by atoms with Gasteiger partial charge < -0.3 is 14.4 Å². The Balaban J connectivity index is 1.72. The summed E-state index contributed by atoms with van der Waals surface area (Å²) in [6.07, 6.45) is 2.43. The molecule has 0 amide bonds. The van der Waals surface area contributed by atoms with Crippen LogP contribution < -0.4 is 14.4 Å². The summed E-state index contributed by atoms with van der Waals surface area (Å²) in [4.78, 5) is 10.9. The third kappa shape index (κ3) is 4.19. The lowest BCUT2D eigenvalue weighted by Crippen LogP contribution is -2.22. The normalized spacial score (nSPS) is 10.7. The fourth-order valence-electron chi connectivity index (χ4n) is 2.97. The molecule has 0 bridgehead atoms. The highest BCUT2D eigenvalue weighted by atomic mass is 16.5. The van der Waals surface area contributed by atoms with Crippen LogP contribution in [0.5, 0.6) is 11.5 Å². The second-order valence-electron chi connectivity index (χ2n) is 6.43. The standard InChI is InChI=1S/C20H25N5O2/c1-14-10-15(2)25(23-14)20-12-19(21-13-22-20)24(3)9-8-16-6-7-17(26-4)18(11-16)27-5/h6-7,10-13H,8-9H2,1-5H3. The molecule has 2 aromatic heterocycles. The van der Waals surface area contributed by atoms with Crippen LogP contribution in [0.2, 0.25) is 0 Å². The summed E-state index contributed by atoms with van der Waals surface area (Å²) in [6, 6.07) is 9.97. The molecule has 0 aliphatic rings. The van der Waals surface area contributed by atoms with E-state index < -0.39 is 0 Å². The molecule has 1 aromatic carbocycles. The molecule has 0 N–H and O–H groups in total. The van der Waals surface area contributed by atoms with Gasteiger partial charge in [-0.2, -0.15) is 5.10 Å². The fourth-order valence-corrected chi connectivity index (χ4v) is 2.97. The van der Waals surface area contributed by atoms with E-state index in [9.17, 15) is 0 Å². The molecular formula is C20H25N5O2. The van der Waals surface area contributed by atoms with Crippen molar-refractivity contribution in [2.45, 2.75) is 20.3 Å². The molecule has 7 heteroatoms. The summed E-state index contributed by atoms with van der Waals surface area (Å²) in [5, 5.41) is 4.49. The Labute approximate surface area is 159 Å². The van der Waals surface area contributed by atoms with Crippen molar-refractivity contribution in [1.82, 2.24) is 19.7 Å². The molecule has 27 heavy (non-hydrogen) atoms. The zero-order chi connectivity index (χ0) is 19.4. The minimum Gasteiger partial charge on any atom is -0.493 e. The predicted octanol–water partition coefficient (Wildman–Crippen LogP) is 2.98. The summed E-state index contributed by atoms with van der Waals surface area (Å²) in [5.41, 5.74) is 3.19. The van der Waals surface area contributed by atoms with Crippen molar-refractivity contribution in [2.75, 3.05) is 32.7 Å². The van der Waals surface area contributed by atoms with E-state index in [4.69, 9.17) is 9.47 Å². The van der Waals surface area contributed by atoms with Crippen LogP contribution in [0.3, 0.4) is 0 Å². The largest absolute Gasteiger partial charge is 0.493 e. The number of anilines is 1. The van der Waals surface area contributed by atoms with E-state index in [1.807, 2.05) is 49.8 Å². The quantitative estimate of drug-likeness (QED) is 0.640. The number of nitrogens with zero attached hydrogens (tertiary/aromatic N) is 5. The Kier molecular flexibility index (Phi) is 5.59. The van der Waals surface area contributed by atoms with E-state index in [1.54, 1.807) is 20.5 Å². The Morgan fingerprint density at radius 3 is 2.44 bits per heavy atom. The molecule has 3 rings (SSSR count). The monoisotopic (exact) mass is 367 g/mol. The van der Waals surface area contributed by atoms with Crippen LogP contribution in [0, 0.1) is 13.8 Å². The minimum atomic E-state index is 0.736. The first-order chi connectivity index (χ1) is 13.0. The fraction of sp³-hybridized carbons (Fsp3) is 0.350. The molecule has 0 unspecified atom stereocenters. The van der Waals surface area contributed by atoms with Gasteiger partial charge in [-0.05, 0) is 44.0 Å². The van der Waals surface area contributed by atoms with Crippen molar-refractivity contribution in [2.24, 2.45) is 0 Å². The Bertz CT molecular complexity index is 922. The predicted molar refractivity (Wildman–Crippen MR) is 105 cm³/mol. The molecule has 0 saturated carbocycles. The van der Waals surface area contributed by atoms with Gasteiger partial charge in [0.05, 0.1) is 19.9 Å². The number of benzene rings is 1. The Hall–Kier alpha value is -3.09. The van der Waals surface area contributed by atoms with Crippen molar-refractivity contribution in [1.29, 1.82) is 0 Å². The first-order valence-electron chi connectivity index (χ1n) is 8.79. The molecule has 0 aliphatic heterocycles. The van der Waals surface area contributed by atoms with Crippen LogP contribution in [0.15, 0.2) is 36.7 Å². The number of ether oxygens (including phenoxy) is 2. The van der Waals surface area contributed by atoms with Crippen molar-refractivity contribution in [3.8, 4) is 17.3 Å². The maximum absolute atomic E-state index is 5.38. The number of aryl methyl sites for hydroxylation is 2. The second kappa shape index (κ2) is 8.07. The van der Waals surface area contributed by atoms with Crippen LogP contribution in [0.25, 0.3) is 5.82 Å². The molecule has 0 atom stereocenters. The van der Waals surface area contributed by atoms with Crippen molar-refractivity contribution in [3.05, 3.63) is 53.6 Å². The average Bonchev–Trinajstić information content (AvgIpc) is 3.04. The van der Waals surface area contributed by atoms with Crippen molar-refractivity contribution in [3.63, 3.8) is 0 Å². The van der Waals surface area contributed by atoms with Gasteiger partial charge in [-0.25, -0.2) is 14.6 Å². The van der Waals surface area contributed by atoms with Gasteiger partial charge in [0.1, 0.15) is 12.1 Å². The highest BCUT2D eigenvalue weighted by Gasteiger charge is 2.10. The van der Waals surface area contributed by atoms with E-state index in [0.717, 1.165) is 47.5 Å². The molecular weight excluding hydrogens is 342 g/mol. The molecule has 0 radical (unpaired) electrons. The molecule has 7 nitrogen and oxygen atoms in total. The lowest BCUT2D eigenvalue weighted by Gasteiger charge is -2.19. The van der Waals surface area contributed by atoms with Crippen molar-refractivity contribution < 1.29 is 9.47 Å². The maximum atomic E-state index is 5.38. The summed E-state index contributed by atoms with van der Waals surface area (Å²) >= 11 is 0. The van der Waals surface area contributed by atoms with E-state index in [0.29, 0.717) is 0 Å². The summed E-state index contributed by atoms with van der Waals surface area (Å²) < 4.78 is 12.5. The highest BCUT2D eigenvalue weighted by Crippen LogP contribution is 2.27. The van der Waals surface area contributed by atoms with Gasteiger partial charge in [0.2, 0.25) is 0 Å². The van der Waals surface area contributed by atoms with Gasteiger partial charge >= 0.3 is 0 Å². The number of methoxy groups -OCH3 is 2. The van der Waals surface area contributed by atoms with E-state index >= 15 is 0 Å². The Morgan fingerprint density at radius 2 is 1.78 bits per heavy atom. The molecule has 142 valence electrons. The smallest absolute Gasteiger partial charge is 0.160 e. The molecule has 0 spiro atoms. The van der Waals surface area contributed by atoms with E-state index in [1.165, 1.54) is 5.56 Å². The van der Waals surface area contributed by atoms with Gasteiger partial charge in [-0.15, -0.1) is 0 Å². The highest BCUT2D eigenvalue weighted by molar-refractivity contribution is 5.45. The van der Waals surface area contributed by atoms with Crippen LogP contribution in [-0.2, 0) is 6.42 Å². The number of likely N-dealkylation sites (N-methyl/N-ethyl adjacent to an activating group) is 1. The lowest BCUT2D eigenvalue weighted by molar-refractivity contribution is 0.354. The topological polar surface area (TPSA) is 65.3 Å². The van der Waals surface area contributed by atoms with E-state index in [-0.39, 0.29) is 0 Å². The van der Waals surface area contributed by atoms with Gasteiger partial charge in [0, 0.05) is 25.4 Å². The molecule has 3 aromatic rings. The first kappa shape index (κ1) is 18.7. The first-order valence-corrected chi connectivity index (χ1v) is 8.79. The molecule has 0 fully saturated rings. The zero-order valence-corrected chi connectivity index (χ0v) is 16.4. The average molecular weight is 367 g/mol. The number of hydrogen-bond acceptors (Lipinski definition) is 6. The van der Waals surface area contributed by atoms with E-state index in [2.05, 4.69) is 26.0 Å². The van der Waals surface area contributed by atoms with Crippen LogP contribution in [-0.4, -0.2) is 47.6 Å². The third-order valence-corrected chi connectivity index (χ3v) is 4.44. The Morgan fingerprint density at radius 1 is 1.00 bits per heavy atom. The van der Waals surface area contributed by atoms with Gasteiger partial charge in [0.25, 0.3) is 0 Å². The zero-order valence-electron chi connectivity index (χ0n) is 16.4. The summed E-state index contributed by atoms with van der Waals surface area (Å²) in [7, 11) is 5.31. The SMILES string of the molecule is COc1ccc(CCN(C)c2cc(-n3nc(C)cc3C)ncn2)cc1OC. The van der Waals surface area contributed by atoms with Gasteiger partial charge in [-0.1, -0.05) is 6.07 Å². The molecule has 0 aliphatic carbocycles.